The molecular weight excluding hydrogens is 840 g/mol. The fourth-order valence-electron chi connectivity index (χ4n) is 15.4. The quantitative estimate of drug-likeness (QED) is 0.105. The molecule has 0 amide bonds. The van der Waals surface area contributed by atoms with Crippen LogP contribution in [0.2, 0.25) is 0 Å². The molecule has 3 saturated heterocycles. The summed E-state index contributed by atoms with van der Waals surface area (Å²) in [6.45, 7) is 13.0. The molecule has 12 N–H and O–H groups in total. The molecule has 25 atom stereocenters. The number of aliphatic hydroxyl groups excluding tert-OH is 11. The molecular formula is C46H78O18. The molecule has 0 aromatic heterocycles. The second-order valence-electron chi connectivity index (χ2n) is 23.1. The second-order valence-corrected chi connectivity index (χ2v) is 23.1. The van der Waals surface area contributed by atoms with Gasteiger partial charge in [0.1, 0.15) is 61.0 Å². The molecule has 64 heavy (non-hydrogen) atoms. The van der Waals surface area contributed by atoms with Crippen LogP contribution in [0.4, 0.5) is 0 Å². The van der Waals surface area contributed by atoms with Gasteiger partial charge in [-0.2, -0.15) is 0 Å². The van der Waals surface area contributed by atoms with Gasteiger partial charge in [-0.1, -0.05) is 34.6 Å². The van der Waals surface area contributed by atoms with Crippen LogP contribution < -0.4 is 0 Å². The minimum absolute atomic E-state index is 0.0345. The van der Waals surface area contributed by atoms with Crippen molar-refractivity contribution in [3.05, 3.63) is 0 Å². The second kappa shape index (κ2) is 17.3. The maximum atomic E-state index is 12.6. The predicted molar refractivity (Wildman–Crippen MR) is 222 cm³/mol. The number of rotatable bonds is 12. The van der Waals surface area contributed by atoms with Crippen LogP contribution >= 0.6 is 0 Å². The van der Waals surface area contributed by atoms with Crippen LogP contribution in [0.5, 0.6) is 0 Å². The molecule has 3 heterocycles. The average Bonchev–Trinajstić information content (AvgIpc) is 3.81. The number of ether oxygens (including phenoxy) is 6. The third-order valence-corrected chi connectivity index (χ3v) is 19.0. The first kappa shape index (κ1) is 49.7. The molecule has 5 aliphatic carbocycles. The molecule has 0 radical (unpaired) electrons. The Labute approximate surface area is 375 Å². The van der Waals surface area contributed by atoms with Crippen LogP contribution in [0.15, 0.2) is 0 Å². The topological polar surface area (TPSA) is 298 Å². The van der Waals surface area contributed by atoms with E-state index in [1.54, 1.807) is 13.8 Å². The Morgan fingerprint density at radius 2 is 1.33 bits per heavy atom. The average molecular weight is 919 g/mol. The van der Waals surface area contributed by atoms with Crippen molar-refractivity contribution in [1.82, 2.24) is 0 Å². The minimum atomic E-state index is -1.64. The van der Waals surface area contributed by atoms with Crippen LogP contribution in [0, 0.1) is 50.7 Å². The molecule has 8 aliphatic rings. The summed E-state index contributed by atoms with van der Waals surface area (Å²) in [6, 6.07) is 0. The lowest BCUT2D eigenvalue weighted by atomic mass is 9.41. The standard InChI is InChI=1S/C46H78O18/c1-20(8-9-27(51)42(4,5)58)29-24(61-39-35(57)33(55)32(54)25(16-47)62-39)15-44(7)26-14-21(48)37-41(2,3)28(10-11-46(37)19-45(26,46)13-12-43(29,44)6)63-40-36(31(53)23(50)18-60-40)64-38-34(56)30(52)22(49)17-59-38/h20-40,47-58H,8-19H2,1-7H3/t20-,21+,22+,23+,24?,25?,26?,27?,28?,29?,30?,31?,32+,33?,34?,35?,36?,37?,38+,39-,40+,43-,44+,45?,46?/m1/s1. The zero-order valence-corrected chi connectivity index (χ0v) is 38.4. The van der Waals surface area contributed by atoms with Gasteiger partial charge in [-0.05, 0) is 122 Å². The van der Waals surface area contributed by atoms with E-state index in [4.69, 9.17) is 28.4 Å². The maximum absolute atomic E-state index is 12.6. The van der Waals surface area contributed by atoms with Gasteiger partial charge in [-0.25, -0.2) is 0 Å². The van der Waals surface area contributed by atoms with Crippen LogP contribution in [0.1, 0.15) is 106 Å². The molecule has 0 aromatic carbocycles. The van der Waals surface area contributed by atoms with E-state index in [0.29, 0.717) is 32.1 Å². The van der Waals surface area contributed by atoms with E-state index in [9.17, 15) is 61.3 Å². The van der Waals surface area contributed by atoms with Gasteiger partial charge in [0.05, 0.1) is 49.8 Å². The molecule has 18 nitrogen and oxygen atoms in total. The third kappa shape index (κ3) is 7.68. The summed E-state index contributed by atoms with van der Waals surface area (Å²) in [6.07, 6.45) is -15.1. The Morgan fingerprint density at radius 3 is 1.98 bits per heavy atom. The zero-order valence-electron chi connectivity index (χ0n) is 38.4. The Kier molecular flexibility index (Phi) is 13.4. The van der Waals surface area contributed by atoms with Gasteiger partial charge >= 0.3 is 0 Å². The van der Waals surface area contributed by atoms with Gasteiger partial charge in [-0.15, -0.1) is 0 Å². The molecule has 18 heteroatoms. The number of aliphatic hydroxyl groups is 12. The fourth-order valence-corrected chi connectivity index (χ4v) is 15.4. The summed E-state index contributed by atoms with van der Waals surface area (Å²) in [7, 11) is 0. The van der Waals surface area contributed by atoms with Crippen LogP contribution in [0.25, 0.3) is 0 Å². The SMILES string of the molecule is C[C@H](CCC(O)C(C)(C)O)C1C(O[C@@H]2OC(CO)[C@H](O)C(O)C2O)C[C@@]2(C)C3C[C@H](O)C4C(C)(C)C(O[C@@H]5OC[C@H](O)C(O)C5O[C@@H]5OC[C@H](O)C(O)C5O)CCC45CC35CC[C@]12C. The van der Waals surface area contributed by atoms with Crippen molar-refractivity contribution in [3.63, 3.8) is 0 Å². The van der Waals surface area contributed by atoms with Crippen molar-refractivity contribution in [3.8, 4) is 0 Å². The molecule has 8 rings (SSSR count). The lowest BCUT2D eigenvalue weighted by Gasteiger charge is -2.64. The van der Waals surface area contributed by atoms with Gasteiger partial charge in [0.2, 0.25) is 0 Å². The van der Waals surface area contributed by atoms with Crippen molar-refractivity contribution in [2.75, 3.05) is 19.8 Å². The lowest BCUT2D eigenvalue weighted by molar-refractivity contribution is -0.356. The van der Waals surface area contributed by atoms with Crippen molar-refractivity contribution >= 4 is 0 Å². The highest BCUT2D eigenvalue weighted by Crippen LogP contribution is 2.89. The van der Waals surface area contributed by atoms with E-state index in [-0.39, 0.29) is 53.1 Å². The van der Waals surface area contributed by atoms with Crippen molar-refractivity contribution < 1.29 is 89.7 Å². The van der Waals surface area contributed by atoms with Crippen LogP contribution in [-0.4, -0.2) is 191 Å². The number of fused-ring (bicyclic) bond motifs is 2. The Hall–Kier alpha value is -0.720. The first-order valence-electron chi connectivity index (χ1n) is 23.8. The Morgan fingerprint density at radius 1 is 0.688 bits per heavy atom. The summed E-state index contributed by atoms with van der Waals surface area (Å²) in [5.41, 5.74) is -2.98. The van der Waals surface area contributed by atoms with E-state index >= 15 is 0 Å². The largest absolute Gasteiger partial charge is 0.394 e. The van der Waals surface area contributed by atoms with E-state index in [0.717, 1.165) is 25.7 Å². The van der Waals surface area contributed by atoms with E-state index < -0.39 is 127 Å². The van der Waals surface area contributed by atoms with Crippen LogP contribution in [0.3, 0.4) is 0 Å². The Bertz CT molecular complexity index is 1650. The minimum Gasteiger partial charge on any atom is -0.394 e. The summed E-state index contributed by atoms with van der Waals surface area (Å²) in [4.78, 5) is 0. The molecule has 3 aliphatic heterocycles. The molecule has 8 fully saturated rings. The van der Waals surface area contributed by atoms with Gasteiger partial charge < -0.3 is 89.7 Å². The van der Waals surface area contributed by atoms with Crippen molar-refractivity contribution in [2.24, 2.45) is 50.7 Å². The highest BCUT2D eigenvalue weighted by Gasteiger charge is 2.84. The number of hydrogen-bond donors (Lipinski definition) is 12. The molecule has 5 saturated carbocycles. The molecule has 2 spiro atoms. The molecule has 370 valence electrons. The van der Waals surface area contributed by atoms with Crippen molar-refractivity contribution in [2.45, 2.75) is 216 Å². The maximum Gasteiger partial charge on any atom is 0.186 e. The third-order valence-electron chi connectivity index (χ3n) is 19.0. The van der Waals surface area contributed by atoms with Gasteiger partial charge in [0.25, 0.3) is 0 Å². The highest BCUT2D eigenvalue weighted by atomic mass is 16.8. The molecule has 15 unspecified atom stereocenters. The lowest BCUT2D eigenvalue weighted by Crippen LogP contribution is -2.63. The molecule has 0 aromatic rings. The summed E-state index contributed by atoms with van der Waals surface area (Å²) >= 11 is 0. The Balaban J connectivity index is 1.05. The highest BCUT2D eigenvalue weighted by molar-refractivity contribution is 5.32. The summed E-state index contributed by atoms with van der Waals surface area (Å²) in [5, 5.41) is 129. The van der Waals surface area contributed by atoms with Gasteiger partial charge in [-0.3, -0.25) is 0 Å². The first-order valence-corrected chi connectivity index (χ1v) is 23.8. The normalized spacial score (nSPS) is 54.5. The first-order chi connectivity index (χ1) is 29.8. The zero-order chi connectivity index (χ0) is 46.9. The number of hydrogen-bond acceptors (Lipinski definition) is 18. The predicted octanol–water partition coefficient (Wildman–Crippen LogP) is -0.973. The van der Waals surface area contributed by atoms with Crippen molar-refractivity contribution in [1.29, 1.82) is 0 Å². The van der Waals surface area contributed by atoms with E-state index in [2.05, 4.69) is 34.6 Å². The van der Waals surface area contributed by atoms with Gasteiger partial charge in [0.15, 0.2) is 18.9 Å². The van der Waals surface area contributed by atoms with Crippen LogP contribution in [-0.2, 0) is 28.4 Å². The fraction of sp³-hybridized carbons (Fsp3) is 1.00. The molecule has 0 bridgehead atoms. The summed E-state index contributed by atoms with van der Waals surface area (Å²) in [5.74, 6) is -0.269. The monoisotopic (exact) mass is 919 g/mol. The van der Waals surface area contributed by atoms with Gasteiger partial charge in [0, 0.05) is 0 Å². The van der Waals surface area contributed by atoms with E-state index in [1.165, 1.54) is 0 Å². The van der Waals surface area contributed by atoms with E-state index in [1.807, 2.05) is 0 Å². The smallest absolute Gasteiger partial charge is 0.186 e. The summed E-state index contributed by atoms with van der Waals surface area (Å²) < 4.78 is 36.8.